The van der Waals surface area contributed by atoms with Crippen LogP contribution in [-0.2, 0) is 14.9 Å². The molecule has 1 N–H and O–H groups in total. The van der Waals surface area contributed by atoms with Gasteiger partial charge in [0, 0.05) is 30.6 Å². The number of nitrogens with zero attached hydrogens (tertiary/aromatic N) is 2. The number of para-hydroxylation sites is 1. The molecule has 5 nitrogen and oxygen atoms in total. The monoisotopic (exact) mass is 459 g/mol. The molecule has 6 heteroatoms. The number of ether oxygens (including phenoxy) is 1. The molecule has 1 aliphatic carbocycles. The van der Waals surface area contributed by atoms with E-state index in [-0.39, 0.29) is 11.8 Å². The lowest BCUT2D eigenvalue weighted by molar-refractivity contribution is -0.120. The van der Waals surface area contributed by atoms with E-state index in [2.05, 4.69) is 57.1 Å². The van der Waals surface area contributed by atoms with Crippen molar-refractivity contribution in [2.24, 2.45) is 0 Å². The molecule has 2 aliphatic rings. The second kappa shape index (κ2) is 5.79. The van der Waals surface area contributed by atoms with Crippen LogP contribution < -0.4 is 4.90 Å². The van der Waals surface area contributed by atoms with E-state index in [1.165, 1.54) is 5.56 Å². The summed E-state index contributed by atoms with van der Waals surface area (Å²) in [5.41, 5.74) is 3.93. The van der Waals surface area contributed by atoms with E-state index in [0.717, 1.165) is 32.3 Å². The first-order chi connectivity index (χ1) is 12.7. The van der Waals surface area contributed by atoms with Crippen LogP contribution in [-0.4, -0.2) is 36.4 Å². The fourth-order valence-corrected chi connectivity index (χ4v) is 4.95. The van der Waals surface area contributed by atoms with Crippen molar-refractivity contribution in [2.75, 3.05) is 25.2 Å². The molecule has 2 heterocycles. The van der Waals surface area contributed by atoms with Crippen molar-refractivity contribution in [2.45, 2.75) is 17.8 Å². The van der Waals surface area contributed by atoms with Crippen molar-refractivity contribution < 1.29 is 9.53 Å². The Morgan fingerprint density at radius 3 is 3.04 bits per heavy atom. The molecule has 1 spiro atoms. The van der Waals surface area contributed by atoms with Gasteiger partial charge in [-0.2, -0.15) is 5.10 Å². The molecule has 1 aliphatic heterocycles. The molecule has 2 aromatic carbocycles. The van der Waals surface area contributed by atoms with E-state index in [9.17, 15) is 4.79 Å². The highest BCUT2D eigenvalue weighted by Crippen LogP contribution is 2.66. The number of rotatable bonds is 4. The van der Waals surface area contributed by atoms with E-state index in [1.54, 1.807) is 7.11 Å². The second-order valence-electron chi connectivity index (χ2n) is 7.01. The highest BCUT2D eigenvalue weighted by atomic mass is 127. The Hall–Kier alpha value is -1.93. The molecule has 1 fully saturated rings. The van der Waals surface area contributed by atoms with Crippen molar-refractivity contribution in [3.8, 4) is 0 Å². The van der Waals surface area contributed by atoms with Crippen molar-refractivity contribution in [1.82, 2.24) is 10.2 Å². The molecule has 0 saturated heterocycles. The minimum Gasteiger partial charge on any atom is -0.383 e. The van der Waals surface area contributed by atoms with Gasteiger partial charge >= 0.3 is 0 Å². The zero-order valence-corrected chi connectivity index (χ0v) is 16.5. The Labute approximate surface area is 164 Å². The van der Waals surface area contributed by atoms with Gasteiger partial charge in [0.15, 0.2) is 0 Å². The maximum absolute atomic E-state index is 13.4. The number of amides is 1. The van der Waals surface area contributed by atoms with Gasteiger partial charge in [0.2, 0.25) is 5.91 Å². The highest BCUT2D eigenvalue weighted by Gasteiger charge is 2.67. The first kappa shape index (κ1) is 16.3. The number of benzene rings is 2. The van der Waals surface area contributed by atoms with Crippen molar-refractivity contribution >= 4 is 45.1 Å². The summed E-state index contributed by atoms with van der Waals surface area (Å²) in [6.07, 6.45) is 0.860. The number of anilines is 1. The lowest BCUT2D eigenvalue weighted by Gasteiger charge is -2.17. The molecule has 0 bridgehead atoms. The van der Waals surface area contributed by atoms with Crippen LogP contribution >= 0.6 is 22.6 Å². The Balaban J connectivity index is 1.56. The molecule has 26 heavy (non-hydrogen) atoms. The summed E-state index contributed by atoms with van der Waals surface area (Å²) in [4.78, 5) is 15.2. The summed E-state index contributed by atoms with van der Waals surface area (Å²) in [6, 6.07) is 14.6. The number of H-pyrrole nitrogens is 1. The average molecular weight is 459 g/mol. The van der Waals surface area contributed by atoms with Crippen molar-refractivity contribution in [3.05, 3.63) is 57.3 Å². The average Bonchev–Trinajstić information content (AvgIpc) is 3.26. The lowest BCUT2D eigenvalue weighted by atomic mass is 9.92. The van der Waals surface area contributed by atoms with Gasteiger partial charge in [-0.1, -0.05) is 24.3 Å². The summed E-state index contributed by atoms with van der Waals surface area (Å²) >= 11 is 2.26. The third kappa shape index (κ3) is 2.11. The molecule has 2 atom stereocenters. The van der Waals surface area contributed by atoms with Crippen LogP contribution in [0, 0.1) is 3.70 Å². The molecule has 1 saturated carbocycles. The standard InChI is InChI=1S/C20H18IN3O2/c1-26-9-8-24-17-5-3-2-4-14(17)20(19(24)25)11-15(20)12-6-7-13-16(10-12)22-23-18(13)21/h2-7,10,15H,8-9,11H2,1H3,(H,22,23). The molecule has 1 amide bonds. The fourth-order valence-electron chi connectivity index (χ4n) is 4.37. The van der Waals surface area contributed by atoms with Crippen LogP contribution in [0.25, 0.3) is 10.9 Å². The molecule has 0 radical (unpaired) electrons. The van der Waals surface area contributed by atoms with Crippen molar-refractivity contribution in [1.29, 1.82) is 0 Å². The summed E-state index contributed by atoms with van der Waals surface area (Å²) in [5.74, 6) is 0.417. The molecule has 132 valence electrons. The maximum atomic E-state index is 13.4. The van der Waals surface area contributed by atoms with Gasteiger partial charge in [0.25, 0.3) is 0 Å². The number of halogens is 1. The number of methoxy groups -OCH3 is 1. The van der Waals surface area contributed by atoms with Gasteiger partial charge in [0.05, 0.1) is 17.5 Å². The number of aromatic amines is 1. The fraction of sp³-hybridized carbons (Fsp3) is 0.300. The molecule has 5 rings (SSSR count). The predicted molar refractivity (Wildman–Crippen MR) is 109 cm³/mol. The largest absolute Gasteiger partial charge is 0.383 e. The van der Waals surface area contributed by atoms with Gasteiger partial charge in [-0.05, 0) is 58.3 Å². The first-order valence-corrected chi connectivity index (χ1v) is 9.78. The van der Waals surface area contributed by atoms with Gasteiger partial charge < -0.3 is 9.64 Å². The summed E-state index contributed by atoms with van der Waals surface area (Å²) in [5, 5.41) is 8.53. The minimum absolute atomic E-state index is 0.206. The summed E-state index contributed by atoms with van der Waals surface area (Å²) < 4.78 is 6.26. The molecule has 2 unspecified atom stereocenters. The lowest BCUT2D eigenvalue weighted by Crippen LogP contribution is -2.35. The zero-order valence-electron chi connectivity index (χ0n) is 14.3. The van der Waals surface area contributed by atoms with E-state index in [1.807, 2.05) is 23.1 Å². The molecular formula is C20H18IN3O2. The maximum Gasteiger partial charge on any atom is 0.238 e. The third-order valence-electron chi connectivity index (χ3n) is 5.72. The number of aromatic nitrogens is 2. The quantitative estimate of drug-likeness (QED) is 0.607. The van der Waals surface area contributed by atoms with E-state index < -0.39 is 5.41 Å². The van der Waals surface area contributed by atoms with Gasteiger partial charge in [0.1, 0.15) is 3.70 Å². The Morgan fingerprint density at radius 1 is 1.35 bits per heavy atom. The highest BCUT2D eigenvalue weighted by molar-refractivity contribution is 14.1. The summed E-state index contributed by atoms with van der Waals surface area (Å²) in [6.45, 7) is 1.13. The number of carbonyl (C=O) groups is 1. The van der Waals surface area contributed by atoms with E-state index in [4.69, 9.17) is 4.74 Å². The summed E-state index contributed by atoms with van der Waals surface area (Å²) in [7, 11) is 1.67. The van der Waals surface area contributed by atoms with Crippen LogP contribution in [0.15, 0.2) is 42.5 Å². The van der Waals surface area contributed by atoms with Crippen molar-refractivity contribution in [3.63, 3.8) is 0 Å². The predicted octanol–water partition coefficient (Wildman–Crippen LogP) is 3.59. The smallest absolute Gasteiger partial charge is 0.238 e. The number of hydrogen-bond donors (Lipinski definition) is 1. The number of fused-ring (bicyclic) bond motifs is 3. The molecule has 1 aromatic heterocycles. The Kier molecular flexibility index (Phi) is 3.62. The first-order valence-electron chi connectivity index (χ1n) is 8.71. The van der Waals surface area contributed by atoms with Gasteiger partial charge in [-0.25, -0.2) is 0 Å². The van der Waals surface area contributed by atoms with Crippen LogP contribution in [0.4, 0.5) is 5.69 Å². The van der Waals surface area contributed by atoms with Crippen LogP contribution in [0.2, 0.25) is 0 Å². The van der Waals surface area contributed by atoms with E-state index >= 15 is 0 Å². The Bertz CT molecular complexity index is 1030. The zero-order chi connectivity index (χ0) is 17.9. The SMILES string of the molecule is COCCN1C(=O)C2(CC2c2ccc3c(I)[nH]nc3c2)c2ccccc21. The molecule has 3 aromatic rings. The van der Waals surface area contributed by atoms with Crippen LogP contribution in [0.3, 0.4) is 0 Å². The second-order valence-corrected chi connectivity index (χ2v) is 8.09. The topological polar surface area (TPSA) is 58.2 Å². The third-order valence-corrected chi connectivity index (χ3v) is 6.54. The van der Waals surface area contributed by atoms with E-state index in [0.29, 0.717) is 13.2 Å². The number of carbonyl (C=O) groups excluding carboxylic acids is 1. The molecular weight excluding hydrogens is 441 g/mol. The van der Waals surface area contributed by atoms with Crippen LogP contribution in [0.5, 0.6) is 0 Å². The van der Waals surface area contributed by atoms with Gasteiger partial charge in [-0.3, -0.25) is 9.89 Å². The number of hydrogen-bond acceptors (Lipinski definition) is 3. The minimum atomic E-state index is -0.415. The van der Waals surface area contributed by atoms with Gasteiger partial charge in [-0.15, -0.1) is 0 Å². The Morgan fingerprint density at radius 2 is 2.19 bits per heavy atom. The van der Waals surface area contributed by atoms with Crippen LogP contribution in [0.1, 0.15) is 23.5 Å². The number of nitrogens with one attached hydrogen (secondary N) is 1. The normalized spacial score (nSPS) is 23.8.